The van der Waals surface area contributed by atoms with E-state index in [-0.39, 0.29) is 6.17 Å². The van der Waals surface area contributed by atoms with Gasteiger partial charge < -0.3 is 14.6 Å². The summed E-state index contributed by atoms with van der Waals surface area (Å²) in [6, 6.07) is 9.17. The van der Waals surface area contributed by atoms with Crippen LogP contribution in [0.5, 0.6) is 5.75 Å². The summed E-state index contributed by atoms with van der Waals surface area (Å²) in [5.41, 5.74) is 8.23. The van der Waals surface area contributed by atoms with Gasteiger partial charge in [-0.25, -0.2) is 5.43 Å². The average Bonchev–Trinajstić information content (AvgIpc) is 3.27. The molecule has 1 aromatic rings. The normalized spacial score (nSPS) is 26.4. The molecule has 0 radical (unpaired) electrons. The zero-order valence-electron chi connectivity index (χ0n) is 15.4. The van der Waals surface area contributed by atoms with Crippen molar-refractivity contribution >= 4 is 16.9 Å². The summed E-state index contributed by atoms with van der Waals surface area (Å²) < 4.78 is 5.77. The Hall–Kier alpha value is -1.86. The van der Waals surface area contributed by atoms with Crippen molar-refractivity contribution in [3.05, 3.63) is 42.2 Å². The Balaban J connectivity index is 1.39. The number of amidine groups is 1. The van der Waals surface area contributed by atoms with Crippen LogP contribution >= 0.6 is 11.8 Å². The summed E-state index contributed by atoms with van der Waals surface area (Å²) in [7, 11) is 0. The van der Waals surface area contributed by atoms with E-state index in [4.69, 9.17) is 4.74 Å². The van der Waals surface area contributed by atoms with Gasteiger partial charge in [-0.1, -0.05) is 44.2 Å². The number of benzene rings is 1. The molecule has 0 aromatic heterocycles. The lowest BCUT2D eigenvalue weighted by Crippen LogP contribution is -2.54. The fraction of sp³-hybridized carbons (Fsp3) is 0.526. The van der Waals surface area contributed by atoms with Crippen molar-refractivity contribution in [3.63, 3.8) is 0 Å². The minimum atomic E-state index is 0.197. The molecule has 1 fully saturated rings. The van der Waals surface area contributed by atoms with Crippen LogP contribution in [0.1, 0.15) is 44.7 Å². The molecule has 4 rings (SSSR count). The second kappa shape index (κ2) is 7.80. The van der Waals surface area contributed by atoms with E-state index in [1.165, 1.54) is 5.56 Å². The van der Waals surface area contributed by atoms with Gasteiger partial charge in [-0.05, 0) is 36.3 Å². The van der Waals surface area contributed by atoms with Crippen LogP contribution in [-0.4, -0.2) is 39.6 Å². The Labute approximate surface area is 159 Å². The molecule has 0 saturated carbocycles. The van der Waals surface area contributed by atoms with E-state index < -0.39 is 0 Å². The number of nitrogens with zero attached hydrogens (tertiary/aromatic N) is 3. The zero-order chi connectivity index (χ0) is 17.9. The molecule has 3 aliphatic heterocycles. The van der Waals surface area contributed by atoms with E-state index >= 15 is 0 Å². The third kappa shape index (κ3) is 3.38. The van der Waals surface area contributed by atoms with Crippen molar-refractivity contribution in [2.75, 3.05) is 12.4 Å². The smallest absolute Gasteiger partial charge is 0.188 e. The second-order valence-electron chi connectivity index (χ2n) is 6.77. The van der Waals surface area contributed by atoms with Gasteiger partial charge in [0.05, 0.1) is 18.7 Å². The molecule has 0 bridgehead atoms. The van der Waals surface area contributed by atoms with Crippen molar-refractivity contribution in [1.29, 1.82) is 0 Å². The van der Waals surface area contributed by atoms with Gasteiger partial charge in [-0.3, -0.25) is 5.43 Å². The number of fused-ring (bicyclic) bond motifs is 3. The minimum Gasteiger partial charge on any atom is -0.494 e. The summed E-state index contributed by atoms with van der Waals surface area (Å²) in [6.45, 7) is 5.12. The maximum absolute atomic E-state index is 5.77. The number of hydrazine groups is 1. The number of nitrogens with one attached hydrogen (secondary N) is 2. The summed E-state index contributed by atoms with van der Waals surface area (Å²) in [5.74, 6) is 1.98. The SMILES string of the molecule is CCCCOc1ccc(C2CC3C4NN=C(SCC)N4C=CN3N2)cc1. The quantitative estimate of drug-likeness (QED) is 0.747. The first kappa shape index (κ1) is 17.5. The van der Waals surface area contributed by atoms with E-state index in [9.17, 15) is 0 Å². The molecule has 0 spiro atoms. The van der Waals surface area contributed by atoms with E-state index in [1.807, 2.05) is 0 Å². The van der Waals surface area contributed by atoms with Crippen LogP contribution < -0.4 is 15.6 Å². The highest BCUT2D eigenvalue weighted by Crippen LogP contribution is 2.35. The fourth-order valence-electron chi connectivity index (χ4n) is 3.63. The summed E-state index contributed by atoms with van der Waals surface area (Å²) in [4.78, 5) is 2.25. The monoisotopic (exact) mass is 373 g/mol. The highest BCUT2D eigenvalue weighted by Gasteiger charge is 2.44. The van der Waals surface area contributed by atoms with Gasteiger partial charge in [0, 0.05) is 12.4 Å². The minimum absolute atomic E-state index is 0.197. The van der Waals surface area contributed by atoms with Gasteiger partial charge in [0.15, 0.2) is 5.17 Å². The van der Waals surface area contributed by atoms with Crippen LogP contribution in [0, 0.1) is 0 Å². The third-order valence-electron chi connectivity index (χ3n) is 5.03. The third-order valence-corrected chi connectivity index (χ3v) is 5.88. The molecule has 0 amide bonds. The maximum Gasteiger partial charge on any atom is 0.188 e. The summed E-state index contributed by atoms with van der Waals surface area (Å²) >= 11 is 1.77. The van der Waals surface area contributed by atoms with Crippen LogP contribution in [0.4, 0.5) is 0 Å². The lowest BCUT2D eigenvalue weighted by atomic mass is 10.00. The Morgan fingerprint density at radius 2 is 2.08 bits per heavy atom. The lowest BCUT2D eigenvalue weighted by Gasteiger charge is -2.36. The number of unbranched alkanes of at least 4 members (excludes halogenated alkanes) is 1. The molecule has 3 atom stereocenters. The first-order valence-electron chi connectivity index (χ1n) is 9.50. The lowest BCUT2D eigenvalue weighted by molar-refractivity contribution is 0.152. The van der Waals surface area contributed by atoms with Crippen molar-refractivity contribution in [2.45, 2.75) is 51.4 Å². The van der Waals surface area contributed by atoms with Crippen molar-refractivity contribution in [3.8, 4) is 5.75 Å². The molecule has 1 aromatic carbocycles. The molecular weight excluding hydrogens is 346 g/mol. The molecule has 2 N–H and O–H groups in total. The van der Waals surface area contributed by atoms with E-state index in [1.54, 1.807) is 11.8 Å². The molecule has 26 heavy (non-hydrogen) atoms. The van der Waals surface area contributed by atoms with Crippen LogP contribution in [0.3, 0.4) is 0 Å². The van der Waals surface area contributed by atoms with Gasteiger partial charge >= 0.3 is 0 Å². The highest BCUT2D eigenvalue weighted by molar-refractivity contribution is 8.13. The van der Waals surface area contributed by atoms with Crippen LogP contribution in [0.15, 0.2) is 41.8 Å². The van der Waals surface area contributed by atoms with Crippen molar-refractivity contribution < 1.29 is 4.74 Å². The van der Waals surface area contributed by atoms with Gasteiger partial charge in [-0.2, -0.15) is 5.10 Å². The summed E-state index contributed by atoms with van der Waals surface area (Å²) in [6.07, 6.45) is 7.73. The Morgan fingerprint density at radius 3 is 2.85 bits per heavy atom. The predicted octanol–water partition coefficient (Wildman–Crippen LogP) is 3.23. The van der Waals surface area contributed by atoms with E-state index in [0.717, 1.165) is 42.5 Å². The second-order valence-corrected chi connectivity index (χ2v) is 8.00. The van der Waals surface area contributed by atoms with Crippen LogP contribution in [-0.2, 0) is 0 Å². The first-order valence-corrected chi connectivity index (χ1v) is 10.5. The molecule has 3 aliphatic rings. The maximum atomic E-state index is 5.77. The number of hydrazone groups is 1. The molecule has 7 heteroatoms. The van der Waals surface area contributed by atoms with Gasteiger partial charge in [0.2, 0.25) is 0 Å². The number of ether oxygens (including phenoxy) is 1. The van der Waals surface area contributed by atoms with Crippen LogP contribution in [0.25, 0.3) is 0 Å². The zero-order valence-corrected chi connectivity index (χ0v) is 16.2. The Morgan fingerprint density at radius 1 is 1.23 bits per heavy atom. The number of hydrogen-bond donors (Lipinski definition) is 2. The topological polar surface area (TPSA) is 52.1 Å². The van der Waals surface area contributed by atoms with Crippen LogP contribution in [0.2, 0.25) is 0 Å². The largest absolute Gasteiger partial charge is 0.494 e. The highest BCUT2D eigenvalue weighted by atomic mass is 32.2. The van der Waals surface area contributed by atoms with E-state index in [0.29, 0.717) is 12.1 Å². The molecule has 6 nitrogen and oxygen atoms in total. The van der Waals surface area contributed by atoms with Gasteiger partial charge in [0.25, 0.3) is 0 Å². The number of rotatable bonds is 6. The standard InChI is InChI=1S/C19H27N5OS/c1-3-5-12-25-15-8-6-14(7-9-15)16-13-17-18-20-21-19(26-4-2)23(18)10-11-24(17)22-16/h6-11,16-18,20,22H,3-5,12-13H2,1-2H3. The molecule has 3 unspecified atom stereocenters. The van der Waals surface area contributed by atoms with Crippen molar-refractivity contribution in [2.24, 2.45) is 5.10 Å². The van der Waals surface area contributed by atoms with E-state index in [2.05, 4.69) is 76.4 Å². The summed E-state index contributed by atoms with van der Waals surface area (Å²) in [5, 5.41) is 7.79. The average molecular weight is 374 g/mol. The Kier molecular flexibility index (Phi) is 5.26. The number of thioether (sulfide) groups is 1. The number of hydrogen-bond acceptors (Lipinski definition) is 7. The molecule has 3 heterocycles. The van der Waals surface area contributed by atoms with Crippen molar-refractivity contribution in [1.82, 2.24) is 20.8 Å². The Bertz CT molecular complexity index is 677. The fourth-order valence-corrected chi connectivity index (χ4v) is 4.33. The molecule has 1 saturated heterocycles. The molecule has 0 aliphatic carbocycles. The van der Waals surface area contributed by atoms with Gasteiger partial charge in [-0.15, -0.1) is 0 Å². The molecular formula is C19H27N5OS. The molecule has 140 valence electrons. The van der Waals surface area contributed by atoms with Gasteiger partial charge in [0.1, 0.15) is 11.9 Å². The predicted molar refractivity (Wildman–Crippen MR) is 106 cm³/mol. The first-order chi connectivity index (χ1) is 12.8.